The summed E-state index contributed by atoms with van der Waals surface area (Å²) in [5.74, 6) is -0.155. The summed E-state index contributed by atoms with van der Waals surface area (Å²) >= 11 is 0. The van der Waals surface area contributed by atoms with Gasteiger partial charge in [0.15, 0.2) is 0 Å². The molecule has 2 saturated heterocycles. The Morgan fingerprint density at radius 3 is 2.50 bits per heavy atom. The number of hydrogen-bond acceptors (Lipinski definition) is 6. The van der Waals surface area contributed by atoms with Gasteiger partial charge in [-0.2, -0.15) is 18.2 Å². The van der Waals surface area contributed by atoms with Crippen molar-refractivity contribution < 1.29 is 22.7 Å². The quantitative estimate of drug-likeness (QED) is 0.744. The number of ether oxygens (including phenoxy) is 1. The molecule has 4 rings (SSSR count). The van der Waals surface area contributed by atoms with Gasteiger partial charge in [-0.15, -0.1) is 0 Å². The van der Waals surface area contributed by atoms with Crippen LogP contribution in [0.25, 0.3) is 0 Å². The van der Waals surface area contributed by atoms with Crippen molar-refractivity contribution in [3.63, 3.8) is 0 Å². The summed E-state index contributed by atoms with van der Waals surface area (Å²) < 4.78 is 45.6. The lowest BCUT2D eigenvalue weighted by atomic mass is 10.1. The van der Waals surface area contributed by atoms with Crippen molar-refractivity contribution >= 4 is 17.7 Å². The van der Waals surface area contributed by atoms with Gasteiger partial charge >= 0.3 is 6.18 Å². The van der Waals surface area contributed by atoms with Crippen LogP contribution in [0.3, 0.4) is 0 Å². The summed E-state index contributed by atoms with van der Waals surface area (Å²) in [5.41, 5.74) is -1.07. The van der Waals surface area contributed by atoms with Crippen LogP contribution in [-0.2, 0) is 15.7 Å². The predicted octanol–water partition coefficient (Wildman–Crippen LogP) is 3.68. The highest BCUT2D eigenvalue weighted by atomic mass is 19.4. The summed E-state index contributed by atoms with van der Waals surface area (Å²) in [4.78, 5) is 22.1. The van der Waals surface area contributed by atoms with Gasteiger partial charge in [0.2, 0.25) is 11.9 Å². The van der Waals surface area contributed by atoms with E-state index in [1.54, 1.807) is 4.90 Å². The van der Waals surface area contributed by atoms with Crippen LogP contribution >= 0.6 is 0 Å². The molecule has 0 radical (unpaired) electrons. The lowest BCUT2D eigenvalue weighted by Crippen LogP contribution is -2.41. The van der Waals surface area contributed by atoms with Crippen molar-refractivity contribution in [2.45, 2.75) is 76.7 Å². The van der Waals surface area contributed by atoms with E-state index in [1.807, 2.05) is 20.8 Å². The van der Waals surface area contributed by atoms with E-state index in [0.29, 0.717) is 19.8 Å². The van der Waals surface area contributed by atoms with Gasteiger partial charge in [-0.3, -0.25) is 4.79 Å². The smallest absolute Gasteiger partial charge is 0.381 e. The van der Waals surface area contributed by atoms with Crippen molar-refractivity contribution in [2.75, 3.05) is 30.4 Å². The molecule has 1 aliphatic carbocycles. The second-order valence-corrected chi connectivity index (χ2v) is 8.07. The van der Waals surface area contributed by atoms with Gasteiger partial charge in [0.05, 0.1) is 6.04 Å². The topological polar surface area (TPSA) is 79.4 Å². The zero-order valence-electron chi connectivity index (χ0n) is 17.7. The minimum Gasteiger partial charge on any atom is -0.381 e. The average molecular weight is 429 g/mol. The molecular weight excluding hydrogens is 399 g/mol. The number of amides is 1. The highest BCUT2D eigenvalue weighted by molar-refractivity contribution is 5.80. The molecule has 0 bridgehead atoms. The molecule has 30 heavy (non-hydrogen) atoms. The van der Waals surface area contributed by atoms with E-state index >= 15 is 0 Å². The van der Waals surface area contributed by atoms with Crippen LogP contribution in [0.1, 0.15) is 58.4 Å². The molecule has 2 aliphatic heterocycles. The third kappa shape index (κ3) is 5.33. The maximum atomic E-state index is 13.4. The number of anilines is 2. The number of likely N-dealkylation sites (tertiary alicyclic amines) is 1. The zero-order valence-corrected chi connectivity index (χ0v) is 17.7. The molecule has 1 saturated carbocycles. The van der Waals surface area contributed by atoms with Crippen LogP contribution in [0.15, 0.2) is 6.20 Å². The SMILES string of the molecule is CC.CC1(Nc2ncc(C(F)(F)F)c(NC3CC(=O)N(C4CCOCC4)C3)n2)CC1. The summed E-state index contributed by atoms with van der Waals surface area (Å²) in [6.07, 6.45) is -0.254. The first-order valence-corrected chi connectivity index (χ1v) is 10.6. The van der Waals surface area contributed by atoms with Gasteiger partial charge in [0.25, 0.3) is 0 Å². The third-order valence-corrected chi connectivity index (χ3v) is 5.64. The Morgan fingerprint density at radius 1 is 1.23 bits per heavy atom. The first-order chi connectivity index (χ1) is 14.2. The van der Waals surface area contributed by atoms with Crippen LogP contribution in [-0.4, -0.2) is 58.2 Å². The number of carbonyl (C=O) groups excluding carboxylic acids is 1. The van der Waals surface area contributed by atoms with Gasteiger partial charge in [-0.05, 0) is 32.6 Å². The molecular formula is C20H30F3N5O2. The van der Waals surface area contributed by atoms with E-state index in [0.717, 1.165) is 31.9 Å². The van der Waals surface area contributed by atoms with E-state index in [-0.39, 0.29) is 35.7 Å². The van der Waals surface area contributed by atoms with Crippen LogP contribution in [0.2, 0.25) is 0 Å². The van der Waals surface area contributed by atoms with E-state index < -0.39 is 17.8 Å². The van der Waals surface area contributed by atoms with Crippen LogP contribution in [0, 0.1) is 0 Å². The Hall–Kier alpha value is -2.10. The van der Waals surface area contributed by atoms with E-state index in [2.05, 4.69) is 20.6 Å². The fourth-order valence-electron chi connectivity index (χ4n) is 3.71. The van der Waals surface area contributed by atoms with Gasteiger partial charge < -0.3 is 20.3 Å². The van der Waals surface area contributed by atoms with Crippen molar-refractivity contribution in [2.24, 2.45) is 0 Å². The normalized spacial score (nSPS) is 23.6. The standard InChI is InChI=1S/C18H24F3N5O2.C2H6/c1-17(4-5-17)25-16-22-9-13(18(19,20)21)15(24-16)23-11-8-14(27)26(10-11)12-2-6-28-7-3-12;1-2/h9,11-12H,2-8,10H2,1H3,(H2,22,23,24,25);1-2H3. The summed E-state index contributed by atoms with van der Waals surface area (Å²) in [5, 5.41) is 5.94. The minimum atomic E-state index is -4.58. The number of rotatable bonds is 5. The van der Waals surface area contributed by atoms with Crippen molar-refractivity contribution in [1.82, 2.24) is 14.9 Å². The molecule has 1 unspecified atom stereocenters. The second-order valence-electron chi connectivity index (χ2n) is 8.07. The van der Waals surface area contributed by atoms with E-state index in [1.165, 1.54) is 0 Å². The fourth-order valence-corrected chi connectivity index (χ4v) is 3.71. The number of aromatic nitrogens is 2. The molecule has 3 aliphatic rings. The number of carbonyl (C=O) groups is 1. The summed E-state index contributed by atoms with van der Waals surface area (Å²) in [6, 6.07) is -0.330. The summed E-state index contributed by atoms with van der Waals surface area (Å²) in [6.45, 7) is 7.54. The number of alkyl halides is 3. The highest BCUT2D eigenvalue weighted by Crippen LogP contribution is 2.39. The van der Waals surface area contributed by atoms with Gasteiger partial charge in [0.1, 0.15) is 11.4 Å². The average Bonchev–Trinajstić information content (AvgIpc) is 3.32. The minimum absolute atomic E-state index is 0.0455. The van der Waals surface area contributed by atoms with Crippen LogP contribution in [0.4, 0.5) is 24.9 Å². The summed E-state index contributed by atoms with van der Waals surface area (Å²) in [7, 11) is 0. The zero-order chi connectivity index (χ0) is 21.9. The lowest BCUT2D eigenvalue weighted by molar-refractivity contribution is -0.137. The van der Waals surface area contributed by atoms with Gasteiger partial charge in [-0.1, -0.05) is 13.8 Å². The number of hydrogen-bond donors (Lipinski definition) is 2. The van der Waals surface area contributed by atoms with Gasteiger partial charge in [0, 0.05) is 44.0 Å². The molecule has 7 nitrogen and oxygen atoms in total. The molecule has 2 N–H and O–H groups in total. The molecule has 3 fully saturated rings. The molecule has 168 valence electrons. The maximum Gasteiger partial charge on any atom is 0.421 e. The first-order valence-electron chi connectivity index (χ1n) is 10.6. The van der Waals surface area contributed by atoms with Crippen molar-refractivity contribution in [1.29, 1.82) is 0 Å². The molecule has 3 heterocycles. The third-order valence-electron chi connectivity index (χ3n) is 5.64. The number of nitrogens with one attached hydrogen (secondary N) is 2. The Bertz CT molecular complexity index is 748. The Balaban J connectivity index is 0.00000124. The Kier molecular flexibility index (Phi) is 6.74. The molecule has 1 aromatic heterocycles. The molecule has 1 atom stereocenters. The van der Waals surface area contributed by atoms with Crippen molar-refractivity contribution in [3.8, 4) is 0 Å². The second kappa shape index (κ2) is 8.95. The Labute approximate surface area is 174 Å². The molecule has 0 aromatic carbocycles. The molecule has 10 heteroatoms. The Morgan fingerprint density at radius 2 is 1.90 bits per heavy atom. The van der Waals surface area contributed by atoms with Crippen LogP contribution in [0.5, 0.6) is 0 Å². The predicted molar refractivity (Wildman–Crippen MR) is 107 cm³/mol. The fraction of sp³-hybridized carbons (Fsp3) is 0.750. The van der Waals surface area contributed by atoms with E-state index in [4.69, 9.17) is 4.74 Å². The molecule has 0 spiro atoms. The van der Waals surface area contributed by atoms with Crippen molar-refractivity contribution in [3.05, 3.63) is 11.8 Å². The van der Waals surface area contributed by atoms with Crippen LogP contribution < -0.4 is 10.6 Å². The molecule has 1 amide bonds. The molecule has 1 aromatic rings. The maximum absolute atomic E-state index is 13.4. The van der Waals surface area contributed by atoms with Gasteiger partial charge in [-0.25, -0.2) is 4.98 Å². The monoisotopic (exact) mass is 429 g/mol. The largest absolute Gasteiger partial charge is 0.421 e. The first kappa shape index (κ1) is 22.6. The number of nitrogens with zero attached hydrogens (tertiary/aromatic N) is 3. The highest BCUT2D eigenvalue weighted by Gasteiger charge is 2.41. The lowest BCUT2D eigenvalue weighted by Gasteiger charge is -2.31. The number of halogens is 3. The van der Waals surface area contributed by atoms with E-state index in [9.17, 15) is 18.0 Å².